The quantitative estimate of drug-likeness (QED) is 0.882. The van der Waals surface area contributed by atoms with E-state index in [2.05, 4.69) is 45.9 Å². The summed E-state index contributed by atoms with van der Waals surface area (Å²) in [5.74, 6) is 1.31. The molecular formula is C19H28O2. The number of para-hydroxylation sites is 1. The zero-order valence-electron chi connectivity index (χ0n) is 14.0. The highest BCUT2D eigenvalue weighted by Crippen LogP contribution is 2.55. The summed E-state index contributed by atoms with van der Waals surface area (Å²) >= 11 is 0. The maximum absolute atomic E-state index is 11.0. The van der Waals surface area contributed by atoms with Gasteiger partial charge in [0.1, 0.15) is 11.4 Å². The minimum atomic E-state index is -0.776. The van der Waals surface area contributed by atoms with E-state index in [0.29, 0.717) is 5.92 Å². The van der Waals surface area contributed by atoms with Crippen LogP contribution in [0.1, 0.15) is 71.4 Å². The fourth-order valence-corrected chi connectivity index (χ4v) is 3.15. The van der Waals surface area contributed by atoms with Crippen molar-refractivity contribution in [2.75, 3.05) is 0 Å². The maximum atomic E-state index is 11.0. The van der Waals surface area contributed by atoms with Crippen molar-refractivity contribution in [3.8, 4) is 5.75 Å². The first-order chi connectivity index (χ1) is 9.63. The Morgan fingerprint density at radius 2 is 1.76 bits per heavy atom. The van der Waals surface area contributed by atoms with Crippen LogP contribution in [-0.2, 0) is 11.0 Å². The minimum Gasteiger partial charge on any atom is -0.487 e. The summed E-state index contributed by atoms with van der Waals surface area (Å²) in [4.78, 5) is 0. The zero-order chi connectivity index (χ0) is 15.5. The molecule has 2 heteroatoms. The Balaban J connectivity index is 2.10. The van der Waals surface area contributed by atoms with Crippen molar-refractivity contribution < 1.29 is 9.84 Å². The average Bonchev–Trinajstić information content (AvgIpc) is 3.20. The standard InChI is InChI=1S/C19H28O2/c1-17(2,3)21-16-14(18(4)11-12-18)7-6-8-15(16)19(5,20)13-9-10-13/h6-8,13,20H,9-12H2,1-5H3. The molecule has 2 aliphatic rings. The van der Waals surface area contributed by atoms with Crippen LogP contribution < -0.4 is 4.74 Å². The lowest BCUT2D eigenvalue weighted by molar-refractivity contribution is 0.0254. The molecule has 0 amide bonds. The summed E-state index contributed by atoms with van der Waals surface area (Å²) in [7, 11) is 0. The van der Waals surface area contributed by atoms with Gasteiger partial charge in [-0.15, -0.1) is 0 Å². The van der Waals surface area contributed by atoms with Crippen molar-refractivity contribution in [3.05, 3.63) is 29.3 Å². The topological polar surface area (TPSA) is 29.5 Å². The molecular weight excluding hydrogens is 260 g/mol. The monoisotopic (exact) mass is 288 g/mol. The molecule has 1 N–H and O–H groups in total. The van der Waals surface area contributed by atoms with Gasteiger partial charge in [0.05, 0.1) is 5.60 Å². The van der Waals surface area contributed by atoms with Crippen LogP contribution in [0.3, 0.4) is 0 Å². The highest BCUT2D eigenvalue weighted by atomic mass is 16.5. The molecule has 0 aromatic heterocycles. The molecule has 2 fully saturated rings. The Morgan fingerprint density at radius 3 is 2.24 bits per heavy atom. The first kappa shape index (κ1) is 14.9. The van der Waals surface area contributed by atoms with E-state index in [0.717, 1.165) is 24.2 Å². The molecule has 1 unspecified atom stereocenters. The number of benzene rings is 1. The highest BCUT2D eigenvalue weighted by Gasteiger charge is 2.47. The van der Waals surface area contributed by atoms with Gasteiger partial charge in [-0.1, -0.05) is 25.1 Å². The van der Waals surface area contributed by atoms with Gasteiger partial charge in [-0.2, -0.15) is 0 Å². The molecule has 1 aromatic carbocycles. The molecule has 0 heterocycles. The summed E-state index contributed by atoms with van der Waals surface area (Å²) in [6.07, 6.45) is 4.65. The summed E-state index contributed by atoms with van der Waals surface area (Å²) in [5.41, 5.74) is 1.45. The van der Waals surface area contributed by atoms with E-state index < -0.39 is 5.60 Å². The number of rotatable bonds is 4. The van der Waals surface area contributed by atoms with Gasteiger partial charge < -0.3 is 9.84 Å². The molecule has 2 aliphatic carbocycles. The second-order valence-electron chi connectivity index (χ2n) is 8.38. The van der Waals surface area contributed by atoms with Crippen molar-refractivity contribution in [2.24, 2.45) is 5.92 Å². The van der Waals surface area contributed by atoms with Gasteiger partial charge in [0.2, 0.25) is 0 Å². The molecule has 2 nitrogen and oxygen atoms in total. The Morgan fingerprint density at radius 1 is 1.14 bits per heavy atom. The molecule has 0 spiro atoms. The first-order valence-electron chi connectivity index (χ1n) is 8.19. The third kappa shape index (κ3) is 2.83. The predicted molar refractivity (Wildman–Crippen MR) is 85.7 cm³/mol. The van der Waals surface area contributed by atoms with E-state index in [9.17, 15) is 5.11 Å². The summed E-state index contributed by atoms with van der Waals surface area (Å²) < 4.78 is 6.33. The van der Waals surface area contributed by atoms with Gasteiger partial charge in [0, 0.05) is 11.1 Å². The molecule has 0 bridgehead atoms. The van der Waals surface area contributed by atoms with Gasteiger partial charge in [-0.3, -0.25) is 0 Å². The van der Waals surface area contributed by atoms with Crippen molar-refractivity contribution in [1.29, 1.82) is 0 Å². The lowest BCUT2D eigenvalue weighted by atomic mass is 9.85. The number of aliphatic hydroxyl groups is 1. The molecule has 3 rings (SSSR count). The van der Waals surface area contributed by atoms with Gasteiger partial charge in [-0.05, 0) is 64.7 Å². The van der Waals surface area contributed by atoms with E-state index >= 15 is 0 Å². The largest absolute Gasteiger partial charge is 0.487 e. The van der Waals surface area contributed by atoms with Crippen LogP contribution in [0.25, 0.3) is 0 Å². The van der Waals surface area contributed by atoms with Crippen molar-refractivity contribution in [1.82, 2.24) is 0 Å². The van der Waals surface area contributed by atoms with Gasteiger partial charge in [-0.25, -0.2) is 0 Å². The van der Waals surface area contributed by atoms with Crippen LogP contribution in [0.4, 0.5) is 0 Å². The lowest BCUT2D eigenvalue weighted by Gasteiger charge is -2.32. The smallest absolute Gasteiger partial charge is 0.129 e. The predicted octanol–water partition coefficient (Wildman–Crippen LogP) is 4.53. The fourth-order valence-electron chi connectivity index (χ4n) is 3.15. The van der Waals surface area contributed by atoms with Crippen LogP contribution in [-0.4, -0.2) is 10.7 Å². The SMILES string of the molecule is CC(C)(C)Oc1c(C2(C)CC2)cccc1C(C)(O)C1CC1. The van der Waals surface area contributed by atoms with Crippen LogP contribution >= 0.6 is 0 Å². The van der Waals surface area contributed by atoms with E-state index in [4.69, 9.17) is 4.74 Å². The van der Waals surface area contributed by atoms with Crippen LogP contribution in [0.15, 0.2) is 18.2 Å². The number of ether oxygens (including phenoxy) is 1. The molecule has 0 aliphatic heterocycles. The molecule has 116 valence electrons. The maximum Gasteiger partial charge on any atom is 0.129 e. The third-order valence-electron chi connectivity index (χ3n) is 4.99. The van der Waals surface area contributed by atoms with E-state index in [1.807, 2.05) is 6.92 Å². The molecule has 1 aromatic rings. The van der Waals surface area contributed by atoms with E-state index in [1.54, 1.807) is 0 Å². The van der Waals surface area contributed by atoms with Crippen LogP contribution in [0.5, 0.6) is 5.75 Å². The van der Waals surface area contributed by atoms with Crippen LogP contribution in [0.2, 0.25) is 0 Å². The molecule has 1 atom stereocenters. The van der Waals surface area contributed by atoms with E-state index in [-0.39, 0.29) is 11.0 Å². The van der Waals surface area contributed by atoms with Gasteiger partial charge in [0.15, 0.2) is 0 Å². The normalized spacial score (nSPS) is 23.5. The summed E-state index contributed by atoms with van der Waals surface area (Å²) in [6.45, 7) is 10.5. The Bertz CT molecular complexity index is 543. The second-order valence-corrected chi connectivity index (χ2v) is 8.38. The molecule has 21 heavy (non-hydrogen) atoms. The highest BCUT2D eigenvalue weighted by molar-refractivity contribution is 5.51. The van der Waals surface area contributed by atoms with E-state index in [1.165, 1.54) is 18.4 Å². The average molecular weight is 288 g/mol. The third-order valence-corrected chi connectivity index (χ3v) is 4.99. The Hall–Kier alpha value is -1.02. The number of hydrogen-bond donors (Lipinski definition) is 1. The summed E-state index contributed by atoms with van der Waals surface area (Å²) in [6, 6.07) is 6.32. The zero-order valence-corrected chi connectivity index (χ0v) is 14.0. The fraction of sp³-hybridized carbons (Fsp3) is 0.684. The lowest BCUT2D eigenvalue weighted by Crippen LogP contribution is -2.30. The van der Waals surface area contributed by atoms with Crippen molar-refractivity contribution >= 4 is 0 Å². The van der Waals surface area contributed by atoms with Gasteiger partial charge in [0.25, 0.3) is 0 Å². The van der Waals surface area contributed by atoms with Crippen molar-refractivity contribution in [2.45, 2.75) is 76.9 Å². The minimum absolute atomic E-state index is 0.232. The van der Waals surface area contributed by atoms with Crippen molar-refractivity contribution in [3.63, 3.8) is 0 Å². The molecule has 0 saturated heterocycles. The second kappa shape index (κ2) is 4.49. The molecule has 0 radical (unpaired) electrons. The number of hydrogen-bond acceptors (Lipinski definition) is 2. The Labute approximate surface area is 128 Å². The van der Waals surface area contributed by atoms with Crippen LogP contribution in [0, 0.1) is 5.92 Å². The Kier molecular flexibility index (Phi) is 3.18. The summed E-state index contributed by atoms with van der Waals surface area (Å²) in [5, 5.41) is 11.0. The van der Waals surface area contributed by atoms with Gasteiger partial charge >= 0.3 is 0 Å². The first-order valence-corrected chi connectivity index (χ1v) is 8.19. The molecule has 2 saturated carbocycles.